The maximum atomic E-state index is 12.8. The minimum Gasteiger partial charge on any atom is -0.269 e. The van der Waals surface area contributed by atoms with Gasteiger partial charge in [-0.3, -0.25) is 19.5 Å². The lowest BCUT2D eigenvalue weighted by Crippen LogP contribution is -2.28. The summed E-state index contributed by atoms with van der Waals surface area (Å²) in [5, 5.41) is 2.69. The highest BCUT2D eigenvalue weighted by Crippen LogP contribution is 2.32. The first-order valence-corrected chi connectivity index (χ1v) is 7.82. The summed E-state index contributed by atoms with van der Waals surface area (Å²) >= 11 is 1.54. The number of imide groups is 1. The molecule has 1 aliphatic rings. The smallest absolute Gasteiger partial charge is 0.263 e. The van der Waals surface area contributed by atoms with E-state index in [1.54, 1.807) is 6.92 Å². The van der Waals surface area contributed by atoms with Gasteiger partial charge in [-0.2, -0.15) is 0 Å². The number of hydrogen-bond donors (Lipinski definition) is 0. The van der Waals surface area contributed by atoms with E-state index in [9.17, 15) is 9.59 Å². The summed E-state index contributed by atoms with van der Waals surface area (Å²) in [5.74, 6) is -0.473. The first kappa shape index (κ1) is 13.2. The highest BCUT2D eigenvalue weighted by atomic mass is 32.1. The van der Waals surface area contributed by atoms with Crippen molar-refractivity contribution in [3.63, 3.8) is 0 Å². The molecule has 0 atom stereocenters. The molecule has 3 heterocycles. The Morgan fingerprint density at radius 2 is 1.82 bits per heavy atom. The Kier molecular flexibility index (Phi) is 2.84. The van der Waals surface area contributed by atoms with Crippen LogP contribution >= 0.6 is 11.3 Å². The fraction of sp³-hybridized carbons (Fsp3) is 0.118. The van der Waals surface area contributed by atoms with Gasteiger partial charge in [-0.25, -0.2) is 0 Å². The van der Waals surface area contributed by atoms with Crippen LogP contribution in [0.2, 0.25) is 0 Å². The highest BCUT2D eigenvalue weighted by molar-refractivity contribution is 7.09. The predicted octanol–water partition coefficient (Wildman–Crippen LogP) is 3.40. The molecule has 3 aromatic rings. The van der Waals surface area contributed by atoms with Gasteiger partial charge in [0.1, 0.15) is 0 Å². The molecule has 2 aromatic heterocycles. The van der Waals surface area contributed by atoms with Gasteiger partial charge >= 0.3 is 0 Å². The highest BCUT2D eigenvalue weighted by Gasteiger charge is 2.39. The molecule has 1 aliphatic heterocycles. The number of para-hydroxylation sites is 1. The van der Waals surface area contributed by atoms with Crippen molar-refractivity contribution in [1.29, 1.82) is 0 Å². The van der Waals surface area contributed by atoms with E-state index in [2.05, 4.69) is 4.98 Å². The van der Waals surface area contributed by atoms with E-state index < -0.39 is 0 Å². The number of hydrogen-bond acceptors (Lipinski definition) is 4. The molecule has 0 fully saturated rings. The molecule has 0 N–H and O–H groups in total. The molecule has 1 aromatic carbocycles. The maximum absolute atomic E-state index is 12.8. The summed E-state index contributed by atoms with van der Waals surface area (Å²) in [6.45, 7) is 2.10. The molecular weight excluding hydrogens is 296 g/mol. The van der Waals surface area contributed by atoms with Crippen molar-refractivity contribution in [1.82, 2.24) is 9.88 Å². The largest absolute Gasteiger partial charge is 0.269 e. The Labute approximate surface area is 131 Å². The normalized spacial score (nSPS) is 14.0. The fourth-order valence-electron chi connectivity index (χ4n) is 2.88. The van der Waals surface area contributed by atoms with Gasteiger partial charge in [-0.15, -0.1) is 11.3 Å². The number of nitrogens with zero attached hydrogens (tertiary/aromatic N) is 2. The van der Waals surface area contributed by atoms with Crippen LogP contribution in [-0.4, -0.2) is 21.7 Å². The van der Waals surface area contributed by atoms with Crippen LogP contribution in [0.1, 0.15) is 31.3 Å². The Balaban J connectivity index is 1.89. The topological polar surface area (TPSA) is 50.3 Å². The lowest BCUT2D eigenvalue weighted by molar-refractivity contribution is 0.0644. The first-order chi connectivity index (χ1) is 10.7. The number of thiophene rings is 1. The number of rotatable bonds is 2. The van der Waals surface area contributed by atoms with Crippen molar-refractivity contribution in [3.8, 4) is 0 Å². The Hall–Kier alpha value is -2.53. The van der Waals surface area contributed by atoms with Crippen LogP contribution in [0.4, 0.5) is 0 Å². The standard InChI is InChI=1S/C17H12N2O2S/c1-10-14-15(12-6-2-3-7-13(12)18-10)17(21)19(16(14)20)9-11-5-4-8-22-11/h2-8H,9H2,1H3. The van der Waals surface area contributed by atoms with E-state index in [4.69, 9.17) is 0 Å². The molecule has 0 aliphatic carbocycles. The van der Waals surface area contributed by atoms with Crippen LogP contribution in [0, 0.1) is 6.92 Å². The van der Waals surface area contributed by atoms with Crippen molar-refractivity contribution in [2.24, 2.45) is 0 Å². The number of aryl methyl sites for hydroxylation is 1. The van der Waals surface area contributed by atoms with E-state index in [0.717, 1.165) is 15.8 Å². The second-order valence-electron chi connectivity index (χ2n) is 5.24. The van der Waals surface area contributed by atoms with Crippen LogP contribution in [0.15, 0.2) is 41.8 Å². The summed E-state index contributed by atoms with van der Waals surface area (Å²) in [4.78, 5) is 32.2. The molecule has 0 unspecified atom stereocenters. The third-order valence-electron chi connectivity index (χ3n) is 3.89. The van der Waals surface area contributed by atoms with Crippen molar-refractivity contribution in [3.05, 3.63) is 63.5 Å². The lowest BCUT2D eigenvalue weighted by atomic mass is 10.0. The zero-order chi connectivity index (χ0) is 15.3. The molecule has 0 bridgehead atoms. The zero-order valence-electron chi connectivity index (χ0n) is 11.9. The van der Waals surface area contributed by atoms with Gasteiger partial charge in [0.05, 0.1) is 28.9 Å². The average molecular weight is 308 g/mol. The summed E-state index contributed by atoms with van der Waals surface area (Å²) in [7, 11) is 0. The second-order valence-corrected chi connectivity index (χ2v) is 6.27. The minimum absolute atomic E-state index is 0.227. The number of benzene rings is 1. The predicted molar refractivity (Wildman–Crippen MR) is 85.0 cm³/mol. The number of fused-ring (bicyclic) bond motifs is 3. The van der Waals surface area contributed by atoms with Crippen LogP contribution < -0.4 is 0 Å². The molecule has 4 nitrogen and oxygen atoms in total. The number of aromatic nitrogens is 1. The summed E-state index contributed by atoms with van der Waals surface area (Å²) in [5.41, 5.74) is 2.29. The average Bonchev–Trinajstić information content (AvgIpc) is 3.10. The van der Waals surface area contributed by atoms with E-state index >= 15 is 0 Å². The van der Waals surface area contributed by atoms with Crippen LogP contribution in [-0.2, 0) is 6.54 Å². The zero-order valence-corrected chi connectivity index (χ0v) is 12.7. The van der Waals surface area contributed by atoms with Crippen LogP contribution in [0.5, 0.6) is 0 Å². The molecule has 5 heteroatoms. The summed E-state index contributed by atoms with van der Waals surface area (Å²) < 4.78 is 0. The van der Waals surface area contributed by atoms with Gasteiger partial charge < -0.3 is 0 Å². The van der Waals surface area contributed by atoms with Gasteiger partial charge in [0.2, 0.25) is 0 Å². The maximum Gasteiger partial charge on any atom is 0.263 e. The first-order valence-electron chi connectivity index (χ1n) is 6.94. The SMILES string of the molecule is Cc1nc2ccccc2c2c1C(=O)N(Cc1cccs1)C2=O. The number of pyridine rings is 1. The Bertz CT molecular complexity index is 916. The third kappa shape index (κ3) is 1.79. The number of amides is 2. The van der Waals surface area contributed by atoms with Crippen LogP contribution in [0.3, 0.4) is 0 Å². The minimum atomic E-state index is -0.246. The molecule has 4 rings (SSSR count). The van der Waals surface area contributed by atoms with E-state index in [1.807, 2.05) is 41.8 Å². The molecular formula is C17H12N2O2S. The summed E-state index contributed by atoms with van der Waals surface area (Å²) in [6.07, 6.45) is 0. The van der Waals surface area contributed by atoms with Crippen LogP contribution in [0.25, 0.3) is 10.9 Å². The summed E-state index contributed by atoms with van der Waals surface area (Å²) in [6, 6.07) is 11.3. The van der Waals surface area contributed by atoms with Gasteiger partial charge in [0.15, 0.2) is 0 Å². The van der Waals surface area contributed by atoms with E-state index in [1.165, 1.54) is 16.2 Å². The van der Waals surface area contributed by atoms with Gasteiger partial charge in [-0.05, 0) is 24.4 Å². The van der Waals surface area contributed by atoms with Gasteiger partial charge in [0, 0.05) is 10.3 Å². The Morgan fingerprint density at radius 1 is 1.05 bits per heavy atom. The number of carbonyl (C=O) groups is 2. The van der Waals surface area contributed by atoms with E-state index in [0.29, 0.717) is 23.4 Å². The third-order valence-corrected chi connectivity index (χ3v) is 4.75. The lowest BCUT2D eigenvalue weighted by Gasteiger charge is -2.12. The van der Waals surface area contributed by atoms with Gasteiger partial charge in [0.25, 0.3) is 11.8 Å². The quantitative estimate of drug-likeness (QED) is 0.682. The Morgan fingerprint density at radius 3 is 2.59 bits per heavy atom. The van der Waals surface area contributed by atoms with Crippen molar-refractivity contribution >= 4 is 34.1 Å². The molecule has 0 radical (unpaired) electrons. The van der Waals surface area contributed by atoms with E-state index in [-0.39, 0.29) is 11.8 Å². The van der Waals surface area contributed by atoms with Crippen molar-refractivity contribution < 1.29 is 9.59 Å². The monoisotopic (exact) mass is 308 g/mol. The molecule has 0 spiro atoms. The molecule has 0 saturated heterocycles. The number of carbonyl (C=O) groups excluding carboxylic acids is 2. The molecule has 108 valence electrons. The fourth-order valence-corrected chi connectivity index (χ4v) is 3.58. The molecule has 0 saturated carbocycles. The second kappa shape index (κ2) is 4.74. The van der Waals surface area contributed by atoms with Crippen molar-refractivity contribution in [2.75, 3.05) is 0 Å². The van der Waals surface area contributed by atoms with Gasteiger partial charge in [-0.1, -0.05) is 24.3 Å². The molecule has 2 amide bonds. The molecule has 22 heavy (non-hydrogen) atoms. The van der Waals surface area contributed by atoms with Crippen molar-refractivity contribution in [2.45, 2.75) is 13.5 Å².